The standard InChI is InChI=1S/C14H21N3O/c1-9(8-15)6-12(16-3)11-4-5-14-13(7-11)17-10(2)18-14/h4-5,7,9,12,16H,6,8,15H2,1-3H3. The summed E-state index contributed by atoms with van der Waals surface area (Å²) in [6.45, 7) is 4.75. The molecule has 4 nitrogen and oxygen atoms in total. The number of nitrogens with two attached hydrogens (primary N) is 1. The fourth-order valence-electron chi connectivity index (χ4n) is 2.20. The largest absolute Gasteiger partial charge is 0.441 e. The van der Waals surface area contributed by atoms with Gasteiger partial charge in [-0.05, 0) is 43.6 Å². The van der Waals surface area contributed by atoms with E-state index in [2.05, 4.69) is 29.4 Å². The van der Waals surface area contributed by atoms with E-state index in [-0.39, 0.29) is 0 Å². The van der Waals surface area contributed by atoms with Crippen LogP contribution in [0.5, 0.6) is 0 Å². The van der Waals surface area contributed by atoms with Crippen molar-refractivity contribution in [3.05, 3.63) is 29.7 Å². The number of nitrogens with one attached hydrogen (secondary N) is 1. The maximum Gasteiger partial charge on any atom is 0.192 e. The smallest absolute Gasteiger partial charge is 0.192 e. The second-order valence-electron chi connectivity index (χ2n) is 4.88. The summed E-state index contributed by atoms with van der Waals surface area (Å²) in [5.74, 6) is 1.20. The van der Waals surface area contributed by atoms with Gasteiger partial charge in [-0.3, -0.25) is 0 Å². The molecule has 0 saturated heterocycles. The predicted octanol–water partition coefficient (Wildman–Crippen LogP) is 2.38. The zero-order chi connectivity index (χ0) is 13.1. The summed E-state index contributed by atoms with van der Waals surface area (Å²) < 4.78 is 5.49. The molecule has 18 heavy (non-hydrogen) atoms. The molecule has 0 radical (unpaired) electrons. The zero-order valence-corrected chi connectivity index (χ0v) is 11.2. The summed E-state index contributed by atoms with van der Waals surface area (Å²) in [5, 5.41) is 3.34. The molecule has 2 rings (SSSR count). The third kappa shape index (κ3) is 2.71. The minimum absolute atomic E-state index is 0.310. The molecule has 1 heterocycles. The Morgan fingerprint density at radius 1 is 1.44 bits per heavy atom. The highest BCUT2D eigenvalue weighted by atomic mass is 16.3. The highest BCUT2D eigenvalue weighted by Gasteiger charge is 2.14. The van der Waals surface area contributed by atoms with Gasteiger partial charge >= 0.3 is 0 Å². The van der Waals surface area contributed by atoms with Gasteiger partial charge in [-0.15, -0.1) is 0 Å². The first-order valence-corrected chi connectivity index (χ1v) is 6.38. The maximum atomic E-state index is 5.69. The van der Waals surface area contributed by atoms with Gasteiger partial charge < -0.3 is 15.5 Å². The van der Waals surface area contributed by atoms with Crippen molar-refractivity contribution in [2.24, 2.45) is 11.7 Å². The number of oxazole rings is 1. The lowest BCUT2D eigenvalue weighted by molar-refractivity contribution is 0.438. The molecule has 1 aromatic heterocycles. The molecule has 0 bridgehead atoms. The molecule has 2 aromatic rings. The van der Waals surface area contributed by atoms with Crippen LogP contribution in [-0.4, -0.2) is 18.6 Å². The van der Waals surface area contributed by atoms with E-state index in [1.807, 2.05) is 20.0 Å². The Balaban J connectivity index is 2.27. The van der Waals surface area contributed by atoms with E-state index < -0.39 is 0 Å². The van der Waals surface area contributed by atoms with E-state index in [0.29, 0.717) is 24.4 Å². The molecule has 3 N–H and O–H groups in total. The SMILES string of the molecule is CNC(CC(C)CN)c1ccc2oc(C)nc2c1. The molecule has 98 valence electrons. The molecule has 0 amide bonds. The van der Waals surface area contributed by atoms with Crippen LogP contribution in [0.25, 0.3) is 11.1 Å². The van der Waals surface area contributed by atoms with E-state index >= 15 is 0 Å². The summed E-state index contributed by atoms with van der Waals surface area (Å²) in [4.78, 5) is 4.37. The third-order valence-corrected chi connectivity index (χ3v) is 3.31. The molecule has 0 spiro atoms. The van der Waals surface area contributed by atoms with Crippen LogP contribution in [0.2, 0.25) is 0 Å². The minimum Gasteiger partial charge on any atom is -0.441 e. The van der Waals surface area contributed by atoms with Gasteiger partial charge in [0, 0.05) is 13.0 Å². The molecular weight excluding hydrogens is 226 g/mol. The first-order chi connectivity index (χ1) is 8.63. The predicted molar refractivity (Wildman–Crippen MR) is 73.4 cm³/mol. The summed E-state index contributed by atoms with van der Waals surface area (Å²) in [7, 11) is 1.98. The molecule has 2 atom stereocenters. The van der Waals surface area contributed by atoms with Gasteiger partial charge in [0.25, 0.3) is 0 Å². The zero-order valence-electron chi connectivity index (χ0n) is 11.2. The lowest BCUT2D eigenvalue weighted by atomic mass is 9.96. The lowest BCUT2D eigenvalue weighted by Gasteiger charge is -2.20. The Bertz CT molecular complexity index is 521. The summed E-state index contributed by atoms with van der Waals surface area (Å²) in [6, 6.07) is 6.49. The maximum absolute atomic E-state index is 5.69. The number of benzene rings is 1. The number of nitrogens with zero attached hydrogens (tertiary/aromatic N) is 1. The Labute approximate surface area is 108 Å². The molecule has 4 heteroatoms. The van der Waals surface area contributed by atoms with E-state index in [0.717, 1.165) is 17.5 Å². The number of aromatic nitrogens is 1. The first kappa shape index (κ1) is 13.1. The monoisotopic (exact) mass is 247 g/mol. The summed E-state index contributed by atoms with van der Waals surface area (Å²) >= 11 is 0. The molecular formula is C14H21N3O. The highest BCUT2D eigenvalue weighted by Crippen LogP contribution is 2.24. The Kier molecular flexibility index (Phi) is 3.99. The lowest BCUT2D eigenvalue weighted by Crippen LogP contribution is -2.22. The normalized spacial score (nSPS) is 14.9. The van der Waals surface area contributed by atoms with Crippen molar-refractivity contribution in [3.8, 4) is 0 Å². The van der Waals surface area contributed by atoms with Crippen molar-refractivity contribution in [1.29, 1.82) is 0 Å². The van der Waals surface area contributed by atoms with Gasteiger partial charge in [-0.25, -0.2) is 4.98 Å². The van der Waals surface area contributed by atoms with Crippen molar-refractivity contribution < 1.29 is 4.42 Å². The molecule has 0 aliphatic rings. The first-order valence-electron chi connectivity index (χ1n) is 6.38. The number of rotatable bonds is 5. The fraction of sp³-hybridized carbons (Fsp3) is 0.500. The Morgan fingerprint density at radius 3 is 2.89 bits per heavy atom. The number of hydrogen-bond acceptors (Lipinski definition) is 4. The fourth-order valence-corrected chi connectivity index (χ4v) is 2.20. The molecule has 1 aromatic carbocycles. The van der Waals surface area contributed by atoms with E-state index in [4.69, 9.17) is 10.2 Å². The van der Waals surface area contributed by atoms with Crippen LogP contribution >= 0.6 is 0 Å². The van der Waals surface area contributed by atoms with Crippen LogP contribution in [0.15, 0.2) is 22.6 Å². The van der Waals surface area contributed by atoms with Crippen molar-refractivity contribution in [2.75, 3.05) is 13.6 Å². The summed E-state index contributed by atoms with van der Waals surface area (Å²) in [6.07, 6.45) is 1.02. The molecule has 0 aliphatic heterocycles. The number of aryl methyl sites for hydroxylation is 1. The molecule has 0 fully saturated rings. The van der Waals surface area contributed by atoms with E-state index in [1.54, 1.807) is 0 Å². The average molecular weight is 247 g/mol. The van der Waals surface area contributed by atoms with Crippen LogP contribution in [-0.2, 0) is 0 Å². The van der Waals surface area contributed by atoms with Crippen molar-refractivity contribution in [3.63, 3.8) is 0 Å². The number of fused-ring (bicyclic) bond motifs is 1. The molecule has 0 aliphatic carbocycles. The van der Waals surface area contributed by atoms with Gasteiger partial charge in [0.05, 0.1) is 0 Å². The van der Waals surface area contributed by atoms with E-state index in [9.17, 15) is 0 Å². The quantitative estimate of drug-likeness (QED) is 0.851. The van der Waals surface area contributed by atoms with Crippen LogP contribution in [0.1, 0.15) is 30.8 Å². The van der Waals surface area contributed by atoms with Crippen LogP contribution in [0.4, 0.5) is 0 Å². The van der Waals surface area contributed by atoms with Crippen LogP contribution in [0.3, 0.4) is 0 Å². The topological polar surface area (TPSA) is 64.1 Å². The number of hydrogen-bond donors (Lipinski definition) is 2. The molecule has 2 unspecified atom stereocenters. The minimum atomic E-state index is 0.310. The van der Waals surface area contributed by atoms with Gasteiger partial charge in [0.2, 0.25) is 0 Å². The van der Waals surface area contributed by atoms with Crippen molar-refractivity contribution >= 4 is 11.1 Å². The Morgan fingerprint density at radius 2 is 2.22 bits per heavy atom. The van der Waals surface area contributed by atoms with Gasteiger partial charge in [-0.1, -0.05) is 13.0 Å². The van der Waals surface area contributed by atoms with Gasteiger partial charge in [0.1, 0.15) is 5.52 Å². The third-order valence-electron chi connectivity index (χ3n) is 3.31. The van der Waals surface area contributed by atoms with Gasteiger partial charge in [0.15, 0.2) is 11.5 Å². The van der Waals surface area contributed by atoms with Crippen molar-refractivity contribution in [2.45, 2.75) is 26.3 Å². The average Bonchev–Trinajstić information content (AvgIpc) is 2.74. The second kappa shape index (κ2) is 5.50. The van der Waals surface area contributed by atoms with E-state index in [1.165, 1.54) is 5.56 Å². The Hall–Kier alpha value is -1.39. The molecule has 0 saturated carbocycles. The van der Waals surface area contributed by atoms with Crippen molar-refractivity contribution in [1.82, 2.24) is 10.3 Å². The highest BCUT2D eigenvalue weighted by molar-refractivity contribution is 5.73. The summed E-state index contributed by atoms with van der Waals surface area (Å²) in [5.41, 5.74) is 8.69. The van der Waals surface area contributed by atoms with Crippen LogP contribution in [0, 0.1) is 12.8 Å². The second-order valence-corrected chi connectivity index (χ2v) is 4.88. The van der Waals surface area contributed by atoms with Crippen LogP contribution < -0.4 is 11.1 Å². The van der Waals surface area contributed by atoms with Gasteiger partial charge in [-0.2, -0.15) is 0 Å².